The molecule has 1 heterocycles. The first kappa shape index (κ1) is 20.2. The Labute approximate surface area is 173 Å². The zero-order chi connectivity index (χ0) is 20.3. The Morgan fingerprint density at radius 2 is 1.96 bits per heavy atom. The number of rotatable bonds is 6. The summed E-state index contributed by atoms with van der Waals surface area (Å²) in [5, 5.41) is 12.3. The van der Waals surface area contributed by atoms with Gasteiger partial charge in [0, 0.05) is 23.7 Å². The van der Waals surface area contributed by atoms with Crippen molar-refractivity contribution < 1.29 is 9.53 Å². The number of aryl methyl sites for hydroxylation is 1. The second kappa shape index (κ2) is 8.67. The smallest absolute Gasteiger partial charge is 0.237 e. The number of carbonyl (C=O) groups is 1. The van der Waals surface area contributed by atoms with Crippen molar-refractivity contribution in [3.8, 4) is 17.1 Å². The van der Waals surface area contributed by atoms with Crippen molar-refractivity contribution in [1.29, 1.82) is 0 Å². The van der Waals surface area contributed by atoms with Gasteiger partial charge in [-0.25, -0.2) is 0 Å². The number of nitrogens with zero attached hydrogens (tertiary/aromatic N) is 3. The average Bonchev–Trinajstić information content (AvgIpc) is 3.05. The lowest BCUT2D eigenvalue weighted by Crippen LogP contribution is -2.23. The van der Waals surface area contributed by atoms with Crippen molar-refractivity contribution in [3.05, 3.63) is 53.1 Å². The predicted octanol–water partition coefficient (Wildman–Crippen LogP) is 4.57. The van der Waals surface area contributed by atoms with Crippen LogP contribution in [0.15, 0.2) is 47.6 Å². The van der Waals surface area contributed by atoms with Gasteiger partial charge in [0.2, 0.25) is 5.91 Å². The summed E-state index contributed by atoms with van der Waals surface area (Å²) in [5.41, 5.74) is 2.42. The molecule has 1 N–H and O–H groups in total. The molecule has 6 nitrogen and oxygen atoms in total. The number of amides is 1. The van der Waals surface area contributed by atoms with Crippen LogP contribution in [0.25, 0.3) is 11.4 Å². The number of hydrogen-bond donors (Lipinski definition) is 1. The molecule has 3 rings (SSSR count). The van der Waals surface area contributed by atoms with Gasteiger partial charge < -0.3 is 14.6 Å². The Bertz CT molecular complexity index is 991. The van der Waals surface area contributed by atoms with Crippen molar-refractivity contribution in [2.75, 3.05) is 12.4 Å². The summed E-state index contributed by atoms with van der Waals surface area (Å²) >= 11 is 7.47. The number of carbonyl (C=O) groups excluding carboxylic acids is 1. The van der Waals surface area contributed by atoms with Gasteiger partial charge in [-0.05, 0) is 25.5 Å². The van der Waals surface area contributed by atoms with E-state index in [1.54, 1.807) is 19.2 Å². The van der Waals surface area contributed by atoms with Crippen LogP contribution in [-0.2, 0) is 11.8 Å². The molecule has 1 atom stereocenters. The molecule has 0 spiro atoms. The second-order valence-electron chi connectivity index (χ2n) is 6.28. The van der Waals surface area contributed by atoms with Crippen LogP contribution >= 0.6 is 23.4 Å². The van der Waals surface area contributed by atoms with Gasteiger partial charge in [-0.3, -0.25) is 4.79 Å². The van der Waals surface area contributed by atoms with Crippen LogP contribution in [0.4, 0.5) is 5.69 Å². The topological polar surface area (TPSA) is 69.0 Å². The molecule has 0 saturated heterocycles. The van der Waals surface area contributed by atoms with Crippen LogP contribution in [0.1, 0.15) is 12.5 Å². The van der Waals surface area contributed by atoms with Gasteiger partial charge in [0.1, 0.15) is 5.75 Å². The van der Waals surface area contributed by atoms with Crippen LogP contribution in [0.5, 0.6) is 5.75 Å². The summed E-state index contributed by atoms with van der Waals surface area (Å²) < 4.78 is 7.20. The minimum atomic E-state index is -0.382. The molecule has 0 unspecified atom stereocenters. The monoisotopic (exact) mass is 416 g/mol. The van der Waals surface area contributed by atoms with Gasteiger partial charge >= 0.3 is 0 Å². The number of benzene rings is 2. The molecular formula is C20H21ClN4O2S. The molecule has 0 aliphatic carbocycles. The van der Waals surface area contributed by atoms with E-state index in [-0.39, 0.29) is 11.2 Å². The lowest BCUT2D eigenvalue weighted by molar-refractivity contribution is -0.115. The van der Waals surface area contributed by atoms with Gasteiger partial charge in [-0.2, -0.15) is 0 Å². The third-order valence-electron chi connectivity index (χ3n) is 4.26. The third kappa shape index (κ3) is 4.31. The number of aromatic nitrogens is 3. The summed E-state index contributed by atoms with van der Waals surface area (Å²) in [4.78, 5) is 12.7. The number of halogens is 1. The van der Waals surface area contributed by atoms with E-state index >= 15 is 0 Å². The van der Waals surface area contributed by atoms with Crippen LogP contribution in [0, 0.1) is 6.92 Å². The zero-order valence-electron chi connectivity index (χ0n) is 16.1. The first-order chi connectivity index (χ1) is 13.4. The number of nitrogens with one attached hydrogen (secondary N) is 1. The molecule has 1 aromatic heterocycles. The summed E-state index contributed by atoms with van der Waals surface area (Å²) in [6.07, 6.45) is 0. The first-order valence-corrected chi connectivity index (χ1v) is 9.93. The maximum Gasteiger partial charge on any atom is 0.237 e. The molecule has 0 bridgehead atoms. The number of thioether (sulfide) groups is 1. The molecule has 3 aromatic rings. The Hall–Kier alpha value is -2.51. The maximum absolute atomic E-state index is 12.7. The van der Waals surface area contributed by atoms with Crippen molar-refractivity contribution >= 4 is 35.0 Å². The summed E-state index contributed by atoms with van der Waals surface area (Å²) in [5.74, 6) is 1.12. The van der Waals surface area contributed by atoms with E-state index in [1.165, 1.54) is 11.8 Å². The highest BCUT2D eigenvalue weighted by molar-refractivity contribution is 8.00. The fourth-order valence-electron chi connectivity index (χ4n) is 2.63. The highest BCUT2D eigenvalue weighted by Crippen LogP contribution is 2.32. The van der Waals surface area contributed by atoms with Gasteiger partial charge in [-0.1, -0.05) is 53.7 Å². The van der Waals surface area contributed by atoms with Crippen LogP contribution in [-0.4, -0.2) is 33.0 Å². The molecule has 0 saturated carbocycles. The number of ether oxygens (including phenoxy) is 1. The lowest BCUT2D eigenvalue weighted by atomic mass is 10.2. The van der Waals surface area contributed by atoms with Crippen LogP contribution < -0.4 is 10.1 Å². The maximum atomic E-state index is 12.7. The van der Waals surface area contributed by atoms with Gasteiger partial charge in [0.15, 0.2) is 11.0 Å². The van der Waals surface area contributed by atoms with E-state index in [0.717, 1.165) is 17.0 Å². The summed E-state index contributed by atoms with van der Waals surface area (Å²) in [7, 11) is 3.43. The van der Waals surface area contributed by atoms with Crippen molar-refractivity contribution in [3.63, 3.8) is 0 Å². The predicted molar refractivity (Wildman–Crippen MR) is 113 cm³/mol. The molecule has 28 heavy (non-hydrogen) atoms. The quantitative estimate of drug-likeness (QED) is 0.596. The van der Waals surface area contributed by atoms with Crippen molar-refractivity contribution in [2.24, 2.45) is 7.05 Å². The normalized spacial score (nSPS) is 11.9. The minimum Gasteiger partial charge on any atom is -0.495 e. The first-order valence-electron chi connectivity index (χ1n) is 8.67. The molecule has 1 amide bonds. The lowest BCUT2D eigenvalue weighted by Gasteiger charge is -2.15. The molecule has 0 aliphatic heterocycles. The number of methoxy groups -OCH3 is 1. The Kier molecular flexibility index (Phi) is 6.26. The molecular weight excluding hydrogens is 396 g/mol. The van der Waals surface area contributed by atoms with E-state index in [4.69, 9.17) is 16.3 Å². The molecule has 146 valence electrons. The second-order valence-corrected chi connectivity index (χ2v) is 8.00. The van der Waals surface area contributed by atoms with E-state index in [9.17, 15) is 4.79 Å². The number of anilines is 1. The van der Waals surface area contributed by atoms with Crippen LogP contribution in [0.2, 0.25) is 5.02 Å². The molecule has 2 aromatic carbocycles. The standard InChI is InChI=1S/C20H21ClN4O2S/c1-12-10-16(17(27-4)11-15(12)21)22-19(26)13(2)28-20-24-23-18(25(20)3)14-8-6-5-7-9-14/h5-11,13H,1-4H3,(H,22,26)/t13-/m0/s1. The Morgan fingerprint density at radius 1 is 1.25 bits per heavy atom. The van der Waals surface area contributed by atoms with E-state index < -0.39 is 0 Å². The number of hydrogen-bond acceptors (Lipinski definition) is 5. The highest BCUT2D eigenvalue weighted by Gasteiger charge is 2.21. The molecule has 0 fully saturated rings. The summed E-state index contributed by atoms with van der Waals surface area (Å²) in [6, 6.07) is 13.3. The van der Waals surface area contributed by atoms with Gasteiger partial charge in [0.05, 0.1) is 18.0 Å². The van der Waals surface area contributed by atoms with Gasteiger partial charge in [-0.15, -0.1) is 10.2 Å². The van der Waals surface area contributed by atoms with Crippen molar-refractivity contribution in [1.82, 2.24) is 14.8 Å². The van der Waals surface area contributed by atoms with E-state index in [2.05, 4.69) is 15.5 Å². The Morgan fingerprint density at radius 3 is 2.64 bits per heavy atom. The van der Waals surface area contributed by atoms with Crippen LogP contribution in [0.3, 0.4) is 0 Å². The molecule has 0 radical (unpaired) electrons. The fourth-order valence-corrected chi connectivity index (χ4v) is 3.60. The average molecular weight is 417 g/mol. The minimum absolute atomic E-state index is 0.158. The Balaban J connectivity index is 1.74. The largest absolute Gasteiger partial charge is 0.495 e. The summed E-state index contributed by atoms with van der Waals surface area (Å²) in [6.45, 7) is 3.70. The molecule has 0 aliphatic rings. The molecule has 8 heteroatoms. The zero-order valence-corrected chi connectivity index (χ0v) is 17.6. The van der Waals surface area contributed by atoms with E-state index in [0.29, 0.717) is 21.6 Å². The third-order valence-corrected chi connectivity index (χ3v) is 5.80. The van der Waals surface area contributed by atoms with Gasteiger partial charge in [0.25, 0.3) is 0 Å². The van der Waals surface area contributed by atoms with Crippen molar-refractivity contribution in [2.45, 2.75) is 24.3 Å². The SMILES string of the molecule is COc1cc(Cl)c(C)cc1NC(=O)[C@H](C)Sc1nnc(-c2ccccc2)n1C. The van der Waals surface area contributed by atoms with E-state index in [1.807, 2.05) is 55.8 Å². The fraction of sp³-hybridized carbons (Fsp3) is 0.250. The highest BCUT2D eigenvalue weighted by atomic mass is 35.5.